The Hall–Kier alpha value is -1.09. The highest BCUT2D eigenvalue weighted by Crippen LogP contribution is 2.38. The second-order valence-electron chi connectivity index (χ2n) is 4.44. The van der Waals surface area contributed by atoms with Gasteiger partial charge in [-0.1, -0.05) is 19.3 Å². The number of hydrogen-bond acceptors (Lipinski definition) is 2. The van der Waals surface area contributed by atoms with E-state index >= 15 is 0 Å². The molecule has 2 nitrogen and oxygen atoms in total. The molecule has 0 aromatic heterocycles. The van der Waals surface area contributed by atoms with Crippen LogP contribution in [0.3, 0.4) is 0 Å². The van der Waals surface area contributed by atoms with Gasteiger partial charge in [-0.25, -0.2) is 4.39 Å². The fourth-order valence-corrected chi connectivity index (χ4v) is 2.41. The minimum absolute atomic E-state index is 0.372. The second-order valence-corrected chi connectivity index (χ2v) is 4.44. The topological polar surface area (TPSA) is 29.5 Å². The van der Waals surface area contributed by atoms with Gasteiger partial charge >= 0.3 is 0 Å². The summed E-state index contributed by atoms with van der Waals surface area (Å²) in [6.45, 7) is 0. The van der Waals surface area contributed by atoms with E-state index in [0.29, 0.717) is 24.2 Å². The first-order valence-electron chi connectivity index (χ1n) is 5.72. The Labute approximate surface area is 95.1 Å². The van der Waals surface area contributed by atoms with Gasteiger partial charge in [-0.05, 0) is 25.0 Å². The average molecular weight is 224 g/mol. The molecule has 0 radical (unpaired) electrons. The van der Waals surface area contributed by atoms with Crippen LogP contribution >= 0.6 is 0 Å². The molecule has 0 unspecified atom stereocenters. The molecule has 1 fully saturated rings. The third-order valence-corrected chi connectivity index (χ3v) is 3.36. The highest BCUT2D eigenvalue weighted by molar-refractivity contribution is 5.32. The van der Waals surface area contributed by atoms with E-state index in [1.165, 1.54) is 13.2 Å². The highest BCUT2D eigenvalue weighted by Gasteiger charge is 2.33. The van der Waals surface area contributed by atoms with Gasteiger partial charge in [0.1, 0.15) is 11.6 Å². The van der Waals surface area contributed by atoms with Crippen molar-refractivity contribution in [2.24, 2.45) is 0 Å². The van der Waals surface area contributed by atoms with E-state index in [4.69, 9.17) is 4.74 Å². The van der Waals surface area contributed by atoms with Gasteiger partial charge in [-0.3, -0.25) is 0 Å². The number of methoxy groups -OCH3 is 1. The zero-order chi connectivity index (χ0) is 11.6. The minimum Gasteiger partial charge on any atom is -0.497 e. The van der Waals surface area contributed by atoms with Crippen LogP contribution in [0.25, 0.3) is 0 Å². The fraction of sp³-hybridized carbons (Fsp3) is 0.538. The van der Waals surface area contributed by atoms with Crippen LogP contribution in [0.5, 0.6) is 5.75 Å². The zero-order valence-corrected chi connectivity index (χ0v) is 9.50. The quantitative estimate of drug-likeness (QED) is 0.836. The van der Waals surface area contributed by atoms with Crippen molar-refractivity contribution in [2.45, 2.75) is 37.7 Å². The van der Waals surface area contributed by atoms with Crippen LogP contribution < -0.4 is 4.74 Å². The second kappa shape index (κ2) is 4.42. The summed E-state index contributed by atoms with van der Waals surface area (Å²) in [5, 5.41) is 10.4. The third-order valence-electron chi connectivity index (χ3n) is 3.36. The molecule has 0 bridgehead atoms. The van der Waals surface area contributed by atoms with Crippen molar-refractivity contribution in [1.82, 2.24) is 0 Å². The first-order chi connectivity index (χ1) is 7.65. The van der Waals surface area contributed by atoms with Crippen molar-refractivity contribution in [3.05, 3.63) is 29.6 Å². The molecule has 0 aliphatic heterocycles. The lowest BCUT2D eigenvalue weighted by Crippen LogP contribution is -2.29. The third kappa shape index (κ3) is 2.05. The first kappa shape index (κ1) is 11.4. The summed E-state index contributed by atoms with van der Waals surface area (Å²) >= 11 is 0. The van der Waals surface area contributed by atoms with E-state index < -0.39 is 5.60 Å². The van der Waals surface area contributed by atoms with Gasteiger partial charge in [-0.15, -0.1) is 0 Å². The number of hydrogen-bond donors (Lipinski definition) is 1. The number of benzene rings is 1. The Bertz CT molecular complexity index is 370. The number of rotatable bonds is 2. The molecule has 0 amide bonds. The summed E-state index contributed by atoms with van der Waals surface area (Å²) in [4.78, 5) is 0. The van der Waals surface area contributed by atoms with E-state index in [0.717, 1.165) is 19.3 Å². The molecule has 1 saturated carbocycles. The Kier molecular flexibility index (Phi) is 3.15. The standard InChI is InChI=1S/C13H17FO2/c1-16-10-5-6-11(12(14)9-10)13(15)7-3-2-4-8-13/h5-6,9,15H,2-4,7-8H2,1H3. The molecule has 1 aliphatic carbocycles. The van der Waals surface area contributed by atoms with Crippen LogP contribution in [0.15, 0.2) is 18.2 Å². The van der Waals surface area contributed by atoms with E-state index in [1.54, 1.807) is 12.1 Å². The van der Waals surface area contributed by atoms with E-state index in [2.05, 4.69) is 0 Å². The summed E-state index contributed by atoms with van der Waals surface area (Å²) in [6.07, 6.45) is 4.34. The van der Waals surface area contributed by atoms with Crippen LogP contribution in [0.1, 0.15) is 37.7 Å². The molecule has 88 valence electrons. The smallest absolute Gasteiger partial charge is 0.132 e. The molecule has 1 aliphatic rings. The Balaban J connectivity index is 2.32. The predicted molar refractivity (Wildman–Crippen MR) is 59.9 cm³/mol. The Morgan fingerprint density at radius 1 is 1.25 bits per heavy atom. The van der Waals surface area contributed by atoms with Crippen LogP contribution in [0.2, 0.25) is 0 Å². The van der Waals surface area contributed by atoms with Gasteiger partial charge in [0.2, 0.25) is 0 Å². The maximum atomic E-state index is 13.8. The van der Waals surface area contributed by atoms with Crippen LogP contribution in [0.4, 0.5) is 4.39 Å². The SMILES string of the molecule is COc1ccc(C2(O)CCCCC2)c(F)c1. The molecule has 1 N–H and O–H groups in total. The lowest BCUT2D eigenvalue weighted by Gasteiger charge is -2.32. The van der Waals surface area contributed by atoms with Crippen molar-refractivity contribution < 1.29 is 14.2 Å². The lowest BCUT2D eigenvalue weighted by molar-refractivity contribution is -0.00378. The Morgan fingerprint density at radius 2 is 1.94 bits per heavy atom. The van der Waals surface area contributed by atoms with Gasteiger partial charge in [-0.2, -0.15) is 0 Å². The molecule has 2 rings (SSSR count). The minimum atomic E-state index is -0.978. The normalized spacial score (nSPS) is 19.4. The lowest BCUT2D eigenvalue weighted by atomic mass is 9.79. The van der Waals surface area contributed by atoms with Gasteiger partial charge in [0.15, 0.2) is 0 Å². The van der Waals surface area contributed by atoms with E-state index in [1.807, 2.05) is 0 Å². The molecule has 1 aromatic carbocycles. The summed E-state index contributed by atoms with van der Waals surface area (Å²) in [6, 6.07) is 4.67. The van der Waals surface area contributed by atoms with Crippen molar-refractivity contribution in [1.29, 1.82) is 0 Å². The van der Waals surface area contributed by atoms with E-state index in [-0.39, 0.29) is 5.82 Å². The monoisotopic (exact) mass is 224 g/mol. The van der Waals surface area contributed by atoms with Crippen molar-refractivity contribution >= 4 is 0 Å². The fourth-order valence-electron chi connectivity index (χ4n) is 2.41. The maximum absolute atomic E-state index is 13.8. The molecule has 0 atom stereocenters. The molecule has 3 heteroatoms. The molecule has 0 heterocycles. The molecule has 16 heavy (non-hydrogen) atoms. The molecule has 0 spiro atoms. The summed E-state index contributed by atoms with van der Waals surface area (Å²) < 4.78 is 18.8. The Morgan fingerprint density at radius 3 is 2.50 bits per heavy atom. The summed E-state index contributed by atoms with van der Waals surface area (Å²) in [5.74, 6) is 0.115. The molecular weight excluding hydrogens is 207 g/mol. The predicted octanol–water partition coefficient (Wildman–Crippen LogP) is 2.99. The molecule has 0 saturated heterocycles. The highest BCUT2D eigenvalue weighted by atomic mass is 19.1. The van der Waals surface area contributed by atoms with Crippen LogP contribution in [-0.4, -0.2) is 12.2 Å². The molecular formula is C13H17FO2. The number of ether oxygens (including phenoxy) is 1. The van der Waals surface area contributed by atoms with Crippen molar-refractivity contribution in [3.63, 3.8) is 0 Å². The first-order valence-corrected chi connectivity index (χ1v) is 5.72. The number of halogens is 1. The van der Waals surface area contributed by atoms with Crippen molar-refractivity contribution in [2.75, 3.05) is 7.11 Å². The zero-order valence-electron chi connectivity index (χ0n) is 9.50. The van der Waals surface area contributed by atoms with Gasteiger partial charge in [0, 0.05) is 11.6 Å². The van der Waals surface area contributed by atoms with Gasteiger partial charge in [0.25, 0.3) is 0 Å². The number of aliphatic hydroxyl groups is 1. The molecule has 1 aromatic rings. The summed E-state index contributed by atoms with van der Waals surface area (Å²) in [7, 11) is 1.50. The van der Waals surface area contributed by atoms with Gasteiger partial charge in [0.05, 0.1) is 12.7 Å². The van der Waals surface area contributed by atoms with Crippen LogP contribution in [-0.2, 0) is 5.60 Å². The van der Waals surface area contributed by atoms with Crippen molar-refractivity contribution in [3.8, 4) is 5.75 Å². The largest absolute Gasteiger partial charge is 0.497 e. The van der Waals surface area contributed by atoms with Crippen LogP contribution in [0, 0.1) is 5.82 Å². The summed E-state index contributed by atoms with van der Waals surface area (Å²) in [5.41, 5.74) is -0.567. The van der Waals surface area contributed by atoms with E-state index in [9.17, 15) is 9.50 Å². The maximum Gasteiger partial charge on any atom is 0.132 e. The van der Waals surface area contributed by atoms with Gasteiger partial charge < -0.3 is 9.84 Å². The average Bonchev–Trinajstić information content (AvgIpc) is 2.29.